The van der Waals surface area contributed by atoms with Crippen LogP contribution >= 0.6 is 0 Å². The Morgan fingerprint density at radius 3 is 2.52 bits per heavy atom. The van der Waals surface area contributed by atoms with Crippen LogP contribution in [0.1, 0.15) is 67.2 Å². The summed E-state index contributed by atoms with van der Waals surface area (Å²) in [6, 6.07) is 0. The normalized spacial score (nSPS) is 26.0. The van der Waals surface area contributed by atoms with E-state index in [1.54, 1.807) is 5.57 Å². The average molecular weight is 319 g/mol. The van der Waals surface area contributed by atoms with E-state index in [4.69, 9.17) is 0 Å². The van der Waals surface area contributed by atoms with Crippen LogP contribution in [0.2, 0.25) is 0 Å². The van der Waals surface area contributed by atoms with Crippen molar-refractivity contribution in [2.75, 3.05) is 20.1 Å². The third kappa shape index (κ3) is 5.75. The molecule has 1 heterocycles. The van der Waals surface area contributed by atoms with Gasteiger partial charge in [0.15, 0.2) is 0 Å². The highest BCUT2D eigenvalue weighted by molar-refractivity contribution is 5.21. The average Bonchev–Trinajstić information content (AvgIpc) is 2.52. The second-order valence-electron chi connectivity index (χ2n) is 8.00. The number of allylic oxidation sites excluding steroid dienone is 4. The van der Waals surface area contributed by atoms with Gasteiger partial charge in [-0.25, -0.2) is 0 Å². The first kappa shape index (κ1) is 19.9. The van der Waals surface area contributed by atoms with Crippen LogP contribution in [-0.4, -0.2) is 25.0 Å². The summed E-state index contributed by atoms with van der Waals surface area (Å²) in [6.45, 7) is 20.0. The van der Waals surface area contributed by atoms with Crippen molar-refractivity contribution in [3.8, 4) is 0 Å². The van der Waals surface area contributed by atoms with E-state index in [0.717, 1.165) is 38.8 Å². The fraction of sp³-hybridized carbons (Fsp3) is 0.714. The molecule has 0 aromatic heterocycles. The molecule has 2 heteroatoms. The fourth-order valence-corrected chi connectivity index (χ4v) is 3.29. The van der Waals surface area contributed by atoms with Crippen LogP contribution in [-0.2, 0) is 0 Å². The molecule has 23 heavy (non-hydrogen) atoms. The van der Waals surface area contributed by atoms with Crippen molar-refractivity contribution in [1.29, 1.82) is 0 Å². The van der Waals surface area contributed by atoms with Crippen molar-refractivity contribution in [2.45, 2.75) is 67.2 Å². The Hall–Kier alpha value is -1.18. The summed E-state index contributed by atoms with van der Waals surface area (Å²) in [5.41, 5.74) is 6.02. The van der Waals surface area contributed by atoms with Crippen molar-refractivity contribution in [1.82, 2.24) is 10.2 Å². The Balaban J connectivity index is 3.14. The van der Waals surface area contributed by atoms with Crippen LogP contribution in [0.15, 0.2) is 35.2 Å². The molecule has 0 saturated heterocycles. The number of nitrogens with one attached hydrogen (secondary N) is 1. The number of hydrogen-bond acceptors (Lipinski definition) is 2. The van der Waals surface area contributed by atoms with E-state index < -0.39 is 0 Å². The van der Waals surface area contributed by atoms with E-state index in [0.29, 0.717) is 5.92 Å². The Labute approximate surface area is 144 Å². The Bertz CT molecular complexity index is 463. The topological polar surface area (TPSA) is 15.3 Å². The van der Waals surface area contributed by atoms with Gasteiger partial charge in [0, 0.05) is 37.4 Å². The third-order valence-corrected chi connectivity index (χ3v) is 5.12. The maximum Gasteiger partial charge on any atom is 0.0259 e. The molecule has 1 rings (SSSR count). The first-order valence-electron chi connectivity index (χ1n) is 9.21. The van der Waals surface area contributed by atoms with Gasteiger partial charge in [-0.2, -0.15) is 0 Å². The van der Waals surface area contributed by atoms with E-state index in [1.807, 2.05) is 0 Å². The molecule has 0 saturated carbocycles. The molecule has 0 aromatic carbocycles. The monoisotopic (exact) mass is 318 g/mol. The summed E-state index contributed by atoms with van der Waals surface area (Å²) < 4.78 is 0. The standard InChI is InChI=1S/C21H38N2/c1-9-16(3)14-18-12-11-13-20(22-10-2)19(21(5,6)7)15-23(8)17(18)4/h13,19,22H,3,9-12,14-15H2,1-2,4-8H3/b18-17+,20-13+. The number of hydrogen-bond donors (Lipinski definition) is 1. The Morgan fingerprint density at radius 1 is 1.35 bits per heavy atom. The predicted octanol–water partition coefficient (Wildman–Crippen LogP) is 5.50. The van der Waals surface area contributed by atoms with Crippen molar-refractivity contribution in [3.63, 3.8) is 0 Å². The van der Waals surface area contributed by atoms with Gasteiger partial charge in [-0.15, -0.1) is 0 Å². The third-order valence-electron chi connectivity index (χ3n) is 5.12. The highest BCUT2D eigenvalue weighted by Gasteiger charge is 2.30. The van der Waals surface area contributed by atoms with Crippen LogP contribution in [0, 0.1) is 11.3 Å². The molecule has 0 amide bonds. The summed E-state index contributed by atoms with van der Waals surface area (Å²) in [5, 5.41) is 3.64. The van der Waals surface area contributed by atoms with Gasteiger partial charge in [0.1, 0.15) is 0 Å². The van der Waals surface area contributed by atoms with Crippen LogP contribution in [0.4, 0.5) is 0 Å². The molecule has 1 atom stereocenters. The molecule has 0 bridgehead atoms. The molecule has 1 aliphatic heterocycles. The molecular formula is C21H38N2. The predicted molar refractivity (Wildman–Crippen MR) is 103 cm³/mol. The summed E-state index contributed by atoms with van der Waals surface area (Å²) in [7, 11) is 2.25. The van der Waals surface area contributed by atoms with Gasteiger partial charge in [-0.3, -0.25) is 0 Å². The first-order chi connectivity index (χ1) is 10.7. The van der Waals surface area contributed by atoms with E-state index >= 15 is 0 Å². The first-order valence-corrected chi connectivity index (χ1v) is 9.21. The quantitative estimate of drug-likeness (QED) is 0.673. The molecule has 2 nitrogen and oxygen atoms in total. The maximum absolute atomic E-state index is 4.22. The zero-order valence-corrected chi connectivity index (χ0v) is 16.6. The van der Waals surface area contributed by atoms with Gasteiger partial charge in [-0.05, 0) is 50.5 Å². The number of rotatable bonds is 5. The molecule has 1 unspecified atom stereocenters. The zero-order chi connectivity index (χ0) is 17.6. The Kier molecular flexibility index (Phi) is 7.44. The van der Waals surface area contributed by atoms with Crippen LogP contribution in [0.3, 0.4) is 0 Å². The summed E-state index contributed by atoms with van der Waals surface area (Å²) in [4.78, 5) is 2.46. The van der Waals surface area contributed by atoms with E-state index in [2.05, 4.69) is 71.5 Å². The molecule has 0 aliphatic carbocycles. The van der Waals surface area contributed by atoms with E-state index in [1.165, 1.54) is 17.0 Å². The molecule has 1 N–H and O–H groups in total. The lowest BCUT2D eigenvalue weighted by molar-refractivity contribution is 0.211. The van der Waals surface area contributed by atoms with E-state index in [-0.39, 0.29) is 5.41 Å². The minimum Gasteiger partial charge on any atom is -0.389 e. The maximum atomic E-state index is 4.22. The lowest BCUT2D eigenvalue weighted by Gasteiger charge is -2.37. The summed E-state index contributed by atoms with van der Waals surface area (Å²) >= 11 is 0. The second kappa shape index (κ2) is 8.61. The van der Waals surface area contributed by atoms with Crippen molar-refractivity contribution in [3.05, 3.63) is 35.2 Å². The molecule has 0 aromatic rings. The van der Waals surface area contributed by atoms with Crippen molar-refractivity contribution in [2.24, 2.45) is 11.3 Å². The van der Waals surface area contributed by atoms with Crippen molar-refractivity contribution >= 4 is 0 Å². The Morgan fingerprint density at radius 2 is 2.00 bits per heavy atom. The SMILES string of the molecule is C=C(CC)C/C1=C(\C)N(C)CC(C(C)(C)C)/C(NCC)=C\CC1. The van der Waals surface area contributed by atoms with Crippen LogP contribution < -0.4 is 5.32 Å². The smallest absolute Gasteiger partial charge is 0.0259 e. The molecule has 0 spiro atoms. The van der Waals surface area contributed by atoms with Gasteiger partial charge >= 0.3 is 0 Å². The highest BCUT2D eigenvalue weighted by Crippen LogP contribution is 2.34. The van der Waals surface area contributed by atoms with Crippen LogP contribution in [0.25, 0.3) is 0 Å². The zero-order valence-electron chi connectivity index (χ0n) is 16.6. The summed E-state index contributed by atoms with van der Waals surface area (Å²) in [5.74, 6) is 0.524. The highest BCUT2D eigenvalue weighted by atomic mass is 15.1. The van der Waals surface area contributed by atoms with Crippen LogP contribution in [0.5, 0.6) is 0 Å². The summed E-state index contributed by atoms with van der Waals surface area (Å²) in [6.07, 6.45) is 6.83. The lowest BCUT2D eigenvalue weighted by Crippen LogP contribution is -2.37. The van der Waals surface area contributed by atoms with Gasteiger partial charge < -0.3 is 10.2 Å². The minimum absolute atomic E-state index is 0.250. The van der Waals surface area contributed by atoms with Gasteiger partial charge in [-0.1, -0.05) is 45.9 Å². The molecule has 0 fully saturated rings. The van der Waals surface area contributed by atoms with Crippen molar-refractivity contribution < 1.29 is 0 Å². The van der Waals surface area contributed by atoms with E-state index in [9.17, 15) is 0 Å². The number of nitrogens with zero attached hydrogens (tertiary/aromatic N) is 1. The molecular weight excluding hydrogens is 280 g/mol. The fourth-order valence-electron chi connectivity index (χ4n) is 3.29. The minimum atomic E-state index is 0.250. The van der Waals surface area contributed by atoms with Gasteiger partial charge in [0.2, 0.25) is 0 Å². The molecule has 132 valence electrons. The largest absolute Gasteiger partial charge is 0.389 e. The van der Waals surface area contributed by atoms with Gasteiger partial charge in [0.25, 0.3) is 0 Å². The van der Waals surface area contributed by atoms with Gasteiger partial charge in [0.05, 0.1) is 0 Å². The molecule has 1 aliphatic rings. The second-order valence-corrected chi connectivity index (χ2v) is 8.00. The molecule has 0 radical (unpaired) electrons. The lowest BCUT2D eigenvalue weighted by atomic mass is 9.78.